The monoisotopic (exact) mass is 685 g/mol. The minimum absolute atomic E-state index is 0.0468. The van der Waals surface area contributed by atoms with Crippen molar-refractivity contribution in [2.75, 3.05) is 5.32 Å². The third-order valence-electron chi connectivity index (χ3n) is 7.24. The maximum Gasteiger partial charge on any atom is 0.358 e. The first-order valence-electron chi connectivity index (χ1n) is 14.3. The number of carbonyl (C=O) groups excluding carboxylic acids is 2. The number of Topliss-reactive ketones (excluding diaryl/α,β-unsaturated/α-hetero) is 1. The molecule has 0 fully saturated rings. The molecule has 4 aromatic carbocycles. The molecule has 0 aliphatic heterocycles. The van der Waals surface area contributed by atoms with Gasteiger partial charge in [0.05, 0.1) is 5.70 Å². The van der Waals surface area contributed by atoms with Gasteiger partial charge in [-0.2, -0.15) is 8.42 Å². The van der Waals surface area contributed by atoms with Crippen LogP contribution in [0.2, 0.25) is 0 Å². The number of ketones is 1. The van der Waals surface area contributed by atoms with E-state index in [1.165, 1.54) is 18.2 Å². The molecule has 10 heteroatoms. The van der Waals surface area contributed by atoms with Crippen LogP contribution in [-0.2, 0) is 31.0 Å². The van der Waals surface area contributed by atoms with E-state index >= 15 is 0 Å². The molecule has 0 saturated heterocycles. The maximum atomic E-state index is 13.6. The van der Waals surface area contributed by atoms with Gasteiger partial charge in [-0.25, -0.2) is 0 Å². The first-order valence-corrected chi connectivity index (χ1v) is 16.5. The van der Waals surface area contributed by atoms with Crippen molar-refractivity contribution in [3.8, 4) is 0 Å². The summed E-state index contributed by atoms with van der Waals surface area (Å²) >= 11 is 3.42. The Labute approximate surface area is 271 Å². The number of allylic oxidation sites excluding steroid dienone is 2. The number of halogens is 1. The van der Waals surface area contributed by atoms with Crippen LogP contribution < -0.4 is 10.6 Å². The fraction of sp³-hybridized carbons (Fsp3) is 0.171. The fourth-order valence-corrected chi connectivity index (χ4v) is 5.94. The molecule has 230 valence electrons. The molecular weight excluding hydrogens is 654 g/mol. The molecule has 0 saturated carbocycles. The van der Waals surface area contributed by atoms with Gasteiger partial charge in [-0.1, -0.05) is 115 Å². The van der Waals surface area contributed by atoms with Crippen LogP contribution in [0.3, 0.4) is 0 Å². The van der Waals surface area contributed by atoms with Crippen molar-refractivity contribution in [2.45, 2.75) is 43.5 Å². The van der Waals surface area contributed by atoms with Gasteiger partial charge in [-0.15, -0.1) is 0 Å². The smallest absolute Gasteiger partial charge is 0.358 e. The van der Waals surface area contributed by atoms with E-state index in [9.17, 15) is 18.0 Å². The van der Waals surface area contributed by atoms with Crippen LogP contribution in [0, 0.1) is 0 Å². The second-order valence-electron chi connectivity index (χ2n) is 11.6. The zero-order valence-electron chi connectivity index (χ0n) is 25.0. The molecule has 8 nitrogen and oxygen atoms in total. The number of amides is 1. The van der Waals surface area contributed by atoms with Crippen LogP contribution in [0.1, 0.15) is 47.8 Å². The lowest BCUT2D eigenvalue weighted by Crippen LogP contribution is -2.44. The normalized spacial score (nSPS) is 14.7. The predicted molar refractivity (Wildman–Crippen MR) is 179 cm³/mol. The standard InChI is InChI=1S/C35H32BrN3O5S/c1-35(2,3)24-16-18-27(19-17-24)45(42,43)44-39-30-22-31(33(40)29-15-8-7-14-28(29)30)38-32(20-23-10-5-4-6-11-23)34(41)37-26-13-9-12-25(36)21-26/h4-19,21-22,32,38H,20H2,1-3H3,(H,37,41)/t32-/m1/s1. The molecule has 5 rings (SSSR count). The molecule has 0 spiro atoms. The fourth-order valence-electron chi connectivity index (χ4n) is 4.81. The molecule has 1 aliphatic rings. The minimum Gasteiger partial charge on any atom is -0.370 e. The number of benzene rings is 4. The topological polar surface area (TPSA) is 114 Å². The second-order valence-corrected chi connectivity index (χ2v) is 14.0. The van der Waals surface area contributed by atoms with Crippen molar-refractivity contribution < 1.29 is 22.3 Å². The lowest BCUT2D eigenvalue weighted by Gasteiger charge is -2.24. The lowest BCUT2D eigenvalue weighted by molar-refractivity contribution is -0.117. The van der Waals surface area contributed by atoms with Crippen molar-refractivity contribution in [1.82, 2.24) is 5.32 Å². The van der Waals surface area contributed by atoms with Crippen LogP contribution in [0.15, 0.2) is 129 Å². The zero-order valence-corrected chi connectivity index (χ0v) is 27.4. The molecule has 0 bridgehead atoms. The van der Waals surface area contributed by atoms with Crippen molar-refractivity contribution in [3.05, 3.63) is 142 Å². The number of fused-ring (bicyclic) bond motifs is 1. The Kier molecular flexibility index (Phi) is 9.36. The first kappa shape index (κ1) is 31.9. The molecule has 45 heavy (non-hydrogen) atoms. The molecular formula is C35H32BrN3O5S. The summed E-state index contributed by atoms with van der Waals surface area (Å²) in [4.78, 5) is 27.2. The van der Waals surface area contributed by atoms with Gasteiger partial charge in [0.2, 0.25) is 11.7 Å². The SMILES string of the molecule is CC(C)(C)c1ccc(S(=O)(=O)ON=C2C=C(N[C@H](Cc3ccccc3)C(=O)Nc3cccc(Br)c3)C(=O)c3ccccc32)cc1. The Morgan fingerprint density at radius 3 is 2.22 bits per heavy atom. The minimum atomic E-state index is -4.26. The molecule has 0 unspecified atom stereocenters. The van der Waals surface area contributed by atoms with Gasteiger partial charge in [-0.05, 0) is 52.9 Å². The largest absolute Gasteiger partial charge is 0.370 e. The van der Waals surface area contributed by atoms with Crippen LogP contribution in [0.25, 0.3) is 0 Å². The van der Waals surface area contributed by atoms with E-state index in [4.69, 9.17) is 4.28 Å². The van der Waals surface area contributed by atoms with Gasteiger partial charge >= 0.3 is 10.1 Å². The van der Waals surface area contributed by atoms with Gasteiger partial charge < -0.3 is 10.6 Å². The van der Waals surface area contributed by atoms with Crippen molar-refractivity contribution in [3.63, 3.8) is 0 Å². The molecule has 1 amide bonds. The van der Waals surface area contributed by atoms with E-state index in [0.29, 0.717) is 16.8 Å². The van der Waals surface area contributed by atoms with Gasteiger partial charge in [-0.3, -0.25) is 13.9 Å². The number of oxime groups is 1. The number of nitrogens with zero attached hydrogens (tertiary/aromatic N) is 1. The average Bonchev–Trinajstić information content (AvgIpc) is 3.01. The second kappa shape index (κ2) is 13.2. The van der Waals surface area contributed by atoms with Crippen LogP contribution in [0.4, 0.5) is 5.69 Å². The number of rotatable bonds is 9. The Morgan fingerprint density at radius 2 is 1.56 bits per heavy atom. The molecule has 1 aliphatic carbocycles. The summed E-state index contributed by atoms with van der Waals surface area (Å²) in [5, 5.41) is 10.0. The summed E-state index contributed by atoms with van der Waals surface area (Å²) in [7, 11) is -4.26. The van der Waals surface area contributed by atoms with Crippen LogP contribution in [0.5, 0.6) is 0 Å². The van der Waals surface area contributed by atoms with E-state index in [-0.39, 0.29) is 39.8 Å². The van der Waals surface area contributed by atoms with E-state index < -0.39 is 16.2 Å². The first-order chi connectivity index (χ1) is 21.4. The van der Waals surface area contributed by atoms with Crippen molar-refractivity contribution in [2.24, 2.45) is 5.16 Å². The zero-order chi connectivity index (χ0) is 32.2. The number of nitrogens with one attached hydrogen (secondary N) is 2. The highest BCUT2D eigenvalue weighted by Gasteiger charge is 2.29. The number of hydrogen-bond acceptors (Lipinski definition) is 7. The van der Waals surface area contributed by atoms with E-state index in [2.05, 4.69) is 31.7 Å². The predicted octanol–water partition coefficient (Wildman–Crippen LogP) is 6.78. The van der Waals surface area contributed by atoms with Crippen molar-refractivity contribution in [1.29, 1.82) is 0 Å². The third-order valence-corrected chi connectivity index (χ3v) is 8.85. The van der Waals surface area contributed by atoms with Gasteiger partial charge in [0.15, 0.2) is 0 Å². The summed E-state index contributed by atoms with van der Waals surface area (Å²) < 4.78 is 32.1. The van der Waals surface area contributed by atoms with Gasteiger partial charge in [0.25, 0.3) is 0 Å². The van der Waals surface area contributed by atoms with E-state index in [1.807, 2.05) is 57.2 Å². The summed E-state index contributed by atoms with van der Waals surface area (Å²) in [6, 6.07) is 28.9. The Hall–Kier alpha value is -4.54. The highest BCUT2D eigenvalue weighted by atomic mass is 79.9. The van der Waals surface area contributed by atoms with E-state index in [0.717, 1.165) is 15.6 Å². The molecule has 2 N–H and O–H groups in total. The highest BCUT2D eigenvalue weighted by molar-refractivity contribution is 9.10. The maximum absolute atomic E-state index is 13.6. The van der Waals surface area contributed by atoms with Gasteiger partial charge in [0, 0.05) is 27.7 Å². The van der Waals surface area contributed by atoms with Crippen LogP contribution in [-0.4, -0.2) is 31.9 Å². The Balaban J connectivity index is 1.46. The highest BCUT2D eigenvalue weighted by Crippen LogP contribution is 2.26. The van der Waals surface area contributed by atoms with Crippen molar-refractivity contribution >= 4 is 49.1 Å². The Morgan fingerprint density at radius 1 is 0.889 bits per heavy atom. The molecule has 0 radical (unpaired) electrons. The summed E-state index contributed by atoms with van der Waals surface area (Å²) in [5.74, 6) is -0.723. The number of anilines is 1. The summed E-state index contributed by atoms with van der Waals surface area (Å²) in [5.41, 5.74) is 3.18. The quantitative estimate of drug-likeness (QED) is 0.188. The molecule has 0 heterocycles. The molecule has 0 aromatic heterocycles. The summed E-state index contributed by atoms with van der Waals surface area (Å²) in [6.45, 7) is 6.11. The number of carbonyl (C=O) groups is 2. The third kappa shape index (κ3) is 7.76. The van der Waals surface area contributed by atoms with Crippen LogP contribution >= 0.6 is 15.9 Å². The summed E-state index contributed by atoms with van der Waals surface area (Å²) in [6.07, 6.45) is 1.68. The van der Waals surface area contributed by atoms with Gasteiger partial charge in [0.1, 0.15) is 16.6 Å². The Bertz CT molecular complexity index is 1900. The van der Waals surface area contributed by atoms with E-state index in [1.54, 1.807) is 54.6 Å². The molecule has 1 atom stereocenters. The molecule has 4 aromatic rings. The lowest BCUT2D eigenvalue weighted by atomic mass is 9.87. The number of hydrogen-bond donors (Lipinski definition) is 2. The average molecular weight is 687 g/mol.